The van der Waals surface area contributed by atoms with Crippen LogP contribution in [-0.2, 0) is 38.8 Å². The van der Waals surface area contributed by atoms with Crippen LogP contribution in [0.3, 0.4) is 0 Å². The molecule has 1 unspecified atom stereocenters. The van der Waals surface area contributed by atoms with Gasteiger partial charge in [-0.15, -0.1) is 0 Å². The number of sulfonamides is 1. The van der Waals surface area contributed by atoms with E-state index in [0.717, 1.165) is 23.3 Å². The van der Waals surface area contributed by atoms with E-state index in [2.05, 4.69) is 5.32 Å². The first-order chi connectivity index (χ1) is 22.5. The van der Waals surface area contributed by atoms with E-state index in [-0.39, 0.29) is 22.9 Å². The first-order valence-electron chi connectivity index (χ1n) is 15.1. The van der Waals surface area contributed by atoms with Crippen molar-refractivity contribution in [2.45, 2.75) is 63.3 Å². The maximum atomic E-state index is 14.5. The minimum atomic E-state index is -4.82. The number of anilines is 1. The van der Waals surface area contributed by atoms with Crippen molar-refractivity contribution in [3.05, 3.63) is 130 Å². The number of nitrogens with one attached hydrogen (secondary N) is 1. The van der Waals surface area contributed by atoms with E-state index in [1.165, 1.54) is 29.2 Å². The van der Waals surface area contributed by atoms with Crippen molar-refractivity contribution in [2.75, 3.05) is 10.8 Å². The van der Waals surface area contributed by atoms with E-state index in [1.807, 2.05) is 25.1 Å². The number of rotatable bonds is 11. The Morgan fingerprint density at radius 2 is 1.42 bits per heavy atom. The van der Waals surface area contributed by atoms with Crippen LogP contribution in [0.5, 0.6) is 0 Å². The van der Waals surface area contributed by atoms with Gasteiger partial charge in [-0.3, -0.25) is 13.9 Å². The lowest BCUT2D eigenvalue weighted by atomic mass is 10.0. The second-order valence-electron chi connectivity index (χ2n) is 12.4. The van der Waals surface area contributed by atoms with Gasteiger partial charge < -0.3 is 10.2 Å². The molecular weight excluding hydrogens is 663 g/mol. The highest BCUT2D eigenvalue weighted by atomic mass is 35.5. The second-order valence-corrected chi connectivity index (χ2v) is 14.7. The van der Waals surface area contributed by atoms with Gasteiger partial charge in [-0.2, -0.15) is 13.2 Å². The van der Waals surface area contributed by atoms with Gasteiger partial charge in [0.25, 0.3) is 10.0 Å². The van der Waals surface area contributed by atoms with Crippen molar-refractivity contribution in [1.29, 1.82) is 0 Å². The van der Waals surface area contributed by atoms with Gasteiger partial charge in [0.2, 0.25) is 11.8 Å². The van der Waals surface area contributed by atoms with E-state index >= 15 is 0 Å². The molecule has 1 N–H and O–H groups in total. The van der Waals surface area contributed by atoms with E-state index in [1.54, 1.807) is 63.2 Å². The van der Waals surface area contributed by atoms with Gasteiger partial charge in [0, 0.05) is 18.5 Å². The van der Waals surface area contributed by atoms with Gasteiger partial charge in [-0.1, -0.05) is 90.0 Å². The summed E-state index contributed by atoms with van der Waals surface area (Å²) in [4.78, 5) is 29.5. The number of amides is 2. The van der Waals surface area contributed by atoms with Crippen LogP contribution in [0.15, 0.2) is 108 Å². The lowest BCUT2D eigenvalue weighted by Gasteiger charge is -2.35. The highest BCUT2D eigenvalue weighted by Gasteiger charge is 2.38. The Balaban J connectivity index is 1.88. The molecule has 254 valence electrons. The maximum absolute atomic E-state index is 14.5. The fourth-order valence-electron chi connectivity index (χ4n) is 5.01. The molecule has 0 saturated heterocycles. The molecule has 48 heavy (non-hydrogen) atoms. The van der Waals surface area contributed by atoms with Crippen molar-refractivity contribution in [1.82, 2.24) is 10.2 Å². The fraction of sp³-hybridized carbons (Fsp3) is 0.278. The van der Waals surface area contributed by atoms with E-state index < -0.39 is 57.4 Å². The predicted molar refractivity (Wildman–Crippen MR) is 181 cm³/mol. The maximum Gasteiger partial charge on any atom is 0.416 e. The van der Waals surface area contributed by atoms with Crippen molar-refractivity contribution in [2.24, 2.45) is 0 Å². The first kappa shape index (κ1) is 36.5. The summed E-state index contributed by atoms with van der Waals surface area (Å²) < 4.78 is 70.4. The average molecular weight is 700 g/mol. The predicted octanol–water partition coefficient (Wildman–Crippen LogP) is 7.42. The molecule has 2 amide bonds. The minimum absolute atomic E-state index is 0.0795. The number of carbonyl (C=O) groups is 2. The van der Waals surface area contributed by atoms with Gasteiger partial charge in [-0.25, -0.2) is 8.42 Å². The number of alkyl halides is 3. The Hall–Kier alpha value is -4.35. The average Bonchev–Trinajstić information content (AvgIpc) is 3.02. The summed E-state index contributed by atoms with van der Waals surface area (Å²) in [6.45, 7) is 6.23. The van der Waals surface area contributed by atoms with Crippen LogP contribution >= 0.6 is 11.6 Å². The monoisotopic (exact) mass is 699 g/mol. The number of hydrogen-bond acceptors (Lipinski definition) is 4. The summed E-state index contributed by atoms with van der Waals surface area (Å²) in [6, 6.07) is 24.5. The smallest absolute Gasteiger partial charge is 0.350 e. The third kappa shape index (κ3) is 9.38. The molecule has 0 heterocycles. The Bertz CT molecular complexity index is 1830. The van der Waals surface area contributed by atoms with Crippen LogP contribution < -0.4 is 9.62 Å². The molecule has 0 saturated carbocycles. The molecule has 0 aliphatic carbocycles. The zero-order chi connectivity index (χ0) is 35.3. The minimum Gasteiger partial charge on any atom is -0.350 e. The molecule has 0 aromatic heterocycles. The second kappa shape index (κ2) is 14.8. The Kier molecular flexibility index (Phi) is 11.3. The molecule has 0 bridgehead atoms. The molecule has 0 radical (unpaired) electrons. The normalized spacial score (nSPS) is 12.7. The lowest BCUT2D eigenvalue weighted by molar-refractivity contribution is -0.140. The molecule has 0 aliphatic rings. The molecule has 0 aliphatic heterocycles. The molecule has 4 rings (SSSR count). The number of nitrogens with zero attached hydrogens (tertiary/aromatic N) is 2. The van der Waals surface area contributed by atoms with Gasteiger partial charge in [-0.05, 0) is 69.2 Å². The van der Waals surface area contributed by atoms with Crippen LogP contribution in [0.1, 0.15) is 43.0 Å². The highest BCUT2D eigenvalue weighted by Crippen LogP contribution is 2.37. The van der Waals surface area contributed by atoms with Crippen molar-refractivity contribution in [3.63, 3.8) is 0 Å². The van der Waals surface area contributed by atoms with Gasteiger partial charge >= 0.3 is 6.18 Å². The molecule has 0 spiro atoms. The molecule has 4 aromatic rings. The van der Waals surface area contributed by atoms with Crippen molar-refractivity contribution < 1.29 is 31.2 Å². The first-order valence-corrected chi connectivity index (χ1v) is 16.9. The summed E-state index contributed by atoms with van der Waals surface area (Å²) in [7, 11) is -4.65. The lowest BCUT2D eigenvalue weighted by Crippen LogP contribution is -2.56. The topological polar surface area (TPSA) is 86.8 Å². The zero-order valence-electron chi connectivity index (χ0n) is 27.0. The number of halogens is 4. The van der Waals surface area contributed by atoms with Crippen molar-refractivity contribution in [3.8, 4) is 0 Å². The summed E-state index contributed by atoms with van der Waals surface area (Å²) in [6.07, 6.45) is -4.75. The summed E-state index contributed by atoms with van der Waals surface area (Å²) in [5.74, 6) is -1.31. The third-order valence-electron chi connectivity index (χ3n) is 7.40. The number of aryl methyl sites for hydroxylation is 1. The van der Waals surface area contributed by atoms with Crippen LogP contribution in [0.2, 0.25) is 5.02 Å². The zero-order valence-corrected chi connectivity index (χ0v) is 28.5. The van der Waals surface area contributed by atoms with E-state index in [4.69, 9.17) is 11.6 Å². The van der Waals surface area contributed by atoms with Gasteiger partial charge in [0.05, 0.1) is 21.2 Å². The Labute approximate surface area is 284 Å². The van der Waals surface area contributed by atoms with Crippen LogP contribution in [0.4, 0.5) is 18.9 Å². The molecule has 4 aromatic carbocycles. The van der Waals surface area contributed by atoms with E-state index in [9.17, 15) is 31.2 Å². The molecule has 7 nitrogen and oxygen atoms in total. The SMILES string of the molecule is Cc1ccc(CN(C(=O)CN(c2cc(C(F)(F)F)ccc2Cl)S(=O)(=O)c2ccccc2)C(Cc2ccccc2)C(=O)NC(C)(C)C)cc1. The summed E-state index contributed by atoms with van der Waals surface area (Å²) >= 11 is 6.37. The Morgan fingerprint density at radius 3 is 1.98 bits per heavy atom. The summed E-state index contributed by atoms with van der Waals surface area (Å²) in [5, 5.41) is 2.62. The summed E-state index contributed by atoms with van der Waals surface area (Å²) in [5.41, 5.74) is -0.00234. The van der Waals surface area contributed by atoms with Crippen LogP contribution in [0.25, 0.3) is 0 Å². The van der Waals surface area contributed by atoms with Crippen LogP contribution in [0, 0.1) is 6.92 Å². The number of carbonyl (C=O) groups excluding carboxylic acids is 2. The molecular formula is C36H37ClF3N3O4S. The fourth-order valence-corrected chi connectivity index (χ4v) is 6.73. The van der Waals surface area contributed by atoms with Gasteiger partial charge in [0.1, 0.15) is 12.6 Å². The van der Waals surface area contributed by atoms with Crippen LogP contribution in [-0.4, -0.2) is 43.3 Å². The quantitative estimate of drug-likeness (QED) is 0.177. The Morgan fingerprint density at radius 1 is 0.833 bits per heavy atom. The van der Waals surface area contributed by atoms with E-state index in [0.29, 0.717) is 15.9 Å². The van der Waals surface area contributed by atoms with Crippen molar-refractivity contribution >= 4 is 39.1 Å². The number of benzene rings is 4. The third-order valence-corrected chi connectivity index (χ3v) is 9.49. The molecule has 1 atom stereocenters. The van der Waals surface area contributed by atoms with Gasteiger partial charge in [0.15, 0.2) is 0 Å². The highest BCUT2D eigenvalue weighted by molar-refractivity contribution is 7.92. The number of hydrogen-bond donors (Lipinski definition) is 1. The molecule has 0 fully saturated rings. The molecule has 12 heteroatoms. The largest absolute Gasteiger partial charge is 0.416 e. The standard InChI is InChI=1S/C36H37ClF3N3O4S/c1-25-15-17-27(18-16-25)23-42(32(34(45)41-35(2,3)4)21-26-11-7-5-8-12-26)33(44)24-43(48(46,47)29-13-9-6-10-14-29)31-22-28(36(38,39)40)19-20-30(31)37/h5-20,22,32H,21,23-24H2,1-4H3,(H,41,45).